The van der Waals surface area contributed by atoms with Crippen LogP contribution >= 0.6 is 0 Å². The molecule has 1 heterocycles. The molecule has 156 valence electrons. The number of carbonyl (C=O) groups excluding carboxylic acids is 1. The fraction of sp³-hybridized carbons (Fsp3) is 0.955. The van der Waals surface area contributed by atoms with Gasteiger partial charge in [-0.2, -0.15) is 0 Å². The van der Waals surface area contributed by atoms with Crippen LogP contribution in [0.4, 0.5) is 4.79 Å². The maximum Gasteiger partial charge on any atom is 0.410 e. The molecule has 3 fully saturated rings. The highest BCUT2D eigenvalue weighted by Gasteiger charge is 2.56. The standard InChI is InChI=1S/C22H39NO4/c1-21(2,3)27-20(26)23-14-22(15-23,18-8-4-16(12-24)5-9-18)19-10-6-17(13-25)7-11-19/h16-19,24-25H,4-15H2,1-3H3. The third kappa shape index (κ3) is 4.61. The van der Waals surface area contributed by atoms with Gasteiger partial charge in [0.1, 0.15) is 5.60 Å². The first-order valence-electron chi connectivity index (χ1n) is 11.0. The Bertz CT molecular complexity index is 467. The van der Waals surface area contributed by atoms with Gasteiger partial charge in [0.05, 0.1) is 0 Å². The number of amides is 1. The first-order valence-corrected chi connectivity index (χ1v) is 11.0. The summed E-state index contributed by atoms with van der Waals surface area (Å²) >= 11 is 0. The van der Waals surface area contributed by atoms with Crippen LogP contribution in [-0.2, 0) is 4.74 Å². The van der Waals surface area contributed by atoms with Gasteiger partial charge in [0.15, 0.2) is 0 Å². The lowest BCUT2D eigenvalue weighted by Gasteiger charge is -2.60. The van der Waals surface area contributed by atoms with Crippen molar-refractivity contribution in [3.8, 4) is 0 Å². The van der Waals surface area contributed by atoms with Crippen molar-refractivity contribution in [2.75, 3.05) is 26.3 Å². The Kier molecular flexibility index (Phi) is 6.41. The molecule has 0 aromatic rings. The van der Waals surface area contributed by atoms with Gasteiger partial charge in [-0.25, -0.2) is 4.79 Å². The van der Waals surface area contributed by atoms with Gasteiger partial charge in [-0.1, -0.05) is 0 Å². The fourth-order valence-electron chi connectivity index (χ4n) is 5.81. The van der Waals surface area contributed by atoms with Crippen LogP contribution in [0.2, 0.25) is 0 Å². The second-order valence-electron chi connectivity index (χ2n) is 10.4. The summed E-state index contributed by atoms with van der Waals surface area (Å²) in [6, 6.07) is 0. The molecule has 5 nitrogen and oxygen atoms in total. The van der Waals surface area contributed by atoms with Crippen molar-refractivity contribution < 1.29 is 19.7 Å². The molecule has 1 amide bonds. The van der Waals surface area contributed by atoms with Crippen molar-refractivity contribution in [3.63, 3.8) is 0 Å². The van der Waals surface area contributed by atoms with Gasteiger partial charge in [-0.15, -0.1) is 0 Å². The summed E-state index contributed by atoms with van der Waals surface area (Å²) in [5, 5.41) is 19.0. The van der Waals surface area contributed by atoms with Crippen molar-refractivity contribution in [1.29, 1.82) is 0 Å². The smallest absolute Gasteiger partial charge is 0.410 e. The first kappa shape index (κ1) is 20.9. The van der Waals surface area contributed by atoms with Crippen LogP contribution in [0.1, 0.15) is 72.1 Å². The highest BCUT2D eigenvalue weighted by molar-refractivity contribution is 5.69. The Labute approximate surface area is 164 Å². The van der Waals surface area contributed by atoms with E-state index in [-0.39, 0.29) is 11.5 Å². The number of ether oxygens (including phenoxy) is 1. The molecular formula is C22H39NO4. The van der Waals surface area contributed by atoms with Gasteiger partial charge in [0.2, 0.25) is 0 Å². The largest absolute Gasteiger partial charge is 0.444 e. The lowest BCUT2D eigenvalue weighted by atomic mass is 9.54. The fourth-order valence-corrected chi connectivity index (χ4v) is 5.81. The molecule has 0 aromatic carbocycles. The van der Waals surface area contributed by atoms with Crippen LogP contribution in [0.15, 0.2) is 0 Å². The molecule has 3 aliphatic rings. The van der Waals surface area contributed by atoms with E-state index < -0.39 is 5.60 Å². The van der Waals surface area contributed by atoms with Gasteiger partial charge in [-0.05, 0) is 95.8 Å². The van der Waals surface area contributed by atoms with Crippen LogP contribution in [0.5, 0.6) is 0 Å². The van der Waals surface area contributed by atoms with E-state index >= 15 is 0 Å². The van der Waals surface area contributed by atoms with Gasteiger partial charge < -0.3 is 19.8 Å². The number of rotatable bonds is 4. The zero-order valence-electron chi connectivity index (χ0n) is 17.5. The van der Waals surface area contributed by atoms with E-state index in [0.717, 1.165) is 38.8 Å². The summed E-state index contributed by atoms with van der Waals surface area (Å²) in [7, 11) is 0. The Morgan fingerprint density at radius 1 is 0.889 bits per heavy atom. The summed E-state index contributed by atoms with van der Waals surface area (Å²) in [5.41, 5.74) is -0.231. The van der Waals surface area contributed by atoms with Crippen molar-refractivity contribution in [3.05, 3.63) is 0 Å². The van der Waals surface area contributed by atoms with E-state index in [1.165, 1.54) is 25.7 Å². The Morgan fingerprint density at radius 3 is 1.63 bits per heavy atom. The molecule has 1 saturated heterocycles. The molecule has 0 bridgehead atoms. The van der Waals surface area contributed by atoms with Crippen LogP contribution < -0.4 is 0 Å². The molecule has 2 saturated carbocycles. The topological polar surface area (TPSA) is 70.0 Å². The average Bonchev–Trinajstić information content (AvgIpc) is 2.60. The zero-order valence-corrected chi connectivity index (χ0v) is 17.5. The predicted molar refractivity (Wildman–Crippen MR) is 105 cm³/mol. The highest BCUT2D eigenvalue weighted by Crippen LogP contribution is 2.55. The third-order valence-electron chi connectivity index (χ3n) is 7.46. The minimum Gasteiger partial charge on any atom is -0.444 e. The summed E-state index contributed by atoms with van der Waals surface area (Å²) in [6.07, 6.45) is 8.97. The third-order valence-corrected chi connectivity index (χ3v) is 7.46. The van der Waals surface area contributed by atoms with Gasteiger partial charge >= 0.3 is 6.09 Å². The van der Waals surface area contributed by atoms with Crippen molar-refractivity contribution in [2.24, 2.45) is 29.1 Å². The monoisotopic (exact) mass is 381 g/mol. The number of nitrogens with zero attached hydrogens (tertiary/aromatic N) is 1. The van der Waals surface area contributed by atoms with Crippen LogP contribution in [0.3, 0.4) is 0 Å². The zero-order chi connectivity index (χ0) is 19.7. The maximum absolute atomic E-state index is 12.5. The van der Waals surface area contributed by atoms with Crippen molar-refractivity contribution in [1.82, 2.24) is 4.90 Å². The van der Waals surface area contributed by atoms with E-state index in [2.05, 4.69) is 0 Å². The number of hydrogen-bond donors (Lipinski definition) is 2. The molecule has 5 heteroatoms. The summed E-state index contributed by atoms with van der Waals surface area (Å²) < 4.78 is 5.60. The number of aliphatic hydroxyl groups excluding tert-OH is 2. The number of hydrogen-bond acceptors (Lipinski definition) is 4. The van der Waals surface area contributed by atoms with E-state index in [0.29, 0.717) is 36.9 Å². The molecule has 0 aromatic heterocycles. The normalized spacial score (nSPS) is 34.0. The van der Waals surface area contributed by atoms with E-state index in [4.69, 9.17) is 4.74 Å². The highest BCUT2D eigenvalue weighted by atomic mass is 16.6. The summed E-state index contributed by atoms with van der Waals surface area (Å²) in [6.45, 7) is 8.03. The molecule has 2 aliphatic carbocycles. The van der Waals surface area contributed by atoms with E-state index in [1.54, 1.807) is 0 Å². The quantitative estimate of drug-likeness (QED) is 0.777. The summed E-state index contributed by atoms with van der Waals surface area (Å²) in [5.74, 6) is 2.22. The molecule has 27 heavy (non-hydrogen) atoms. The van der Waals surface area contributed by atoms with Gasteiger partial charge in [0, 0.05) is 31.7 Å². The van der Waals surface area contributed by atoms with Crippen LogP contribution in [-0.4, -0.2) is 53.1 Å². The molecule has 0 atom stereocenters. The Balaban J connectivity index is 1.67. The summed E-state index contributed by atoms with van der Waals surface area (Å²) in [4.78, 5) is 14.4. The van der Waals surface area contributed by atoms with E-state index in [1.807, 2.05) is 25.7 Å². The maximum atomic E-state index is 12.5. The van der Waals surface area contributed by atoms with E-state index in [9.17, 15) is 15.0 Å². The number of aliphatic hydroxyl groups is 2. The Morgan fingerprint density at radius 2 is 1.30 bits per heavy atom. The molecule has 1 aliphatic heterocycles. The number of likely N-dealkylation sites (tertiary alicyclic amines) is 1. The van der Waals surface area contributed by atoms with Gasteiger partial charge in [0.25, 0.3) is 0 Å². The SMILES string of the molecule is CC(C)(C)OC(=O)N1CC(C2CCC(CO)CC2)(C2CCC(CO)CC2)C1. The number of carbonyl (C=O) groups is 1. The molecule has 3 rings (SSSR count). The Hall–Kier alpha value is -0.810. The second kappa shape index (κ2) is 8.28. The molecule has 0 unspecified atom stereocenters. The molecule has 0 spiro atoms. The van der Waals surface area contributed by atoms with Crippen molar-refractivity contribution >= 4 is 6.09 Å². The first-order chi connectivity index (χ1) is 12.8. The second-order valence-corrected chi connectivity index (χ2v) is 10.4. The molecule has 0 radical (unpaired) electrons. The minimum absolute atomic E-state index is 0.175. The molecule has 2 N–H and O–H groups in total. The average molecular weight is 382 g/mol. The van der Waals surface area contributed by atoms with Crippen molar-refractivity contribution in [2.45, 2.75) is 77.7 Å². The lowest BCUT2D eigenvalue weighted by Crippen LogP contribution is -2.66. The lowest BCUT2D eigenvalue weighted by molar-refractivity contribution is -0.116. The molecular weight excluding hydrogens is 342 g/mol. The van der Waals surface area contributed by atoms with Crippen LogP contribution in [0, 0.1) is 29.1 Å². The minimum atomic E-state index is -0.451. The van der Waals surface area contributed by atoms with Crippen LogP contribution in [0.25, 0.3) is 0 Å². The predicted octanol–water partition coefficient (Wildman–Crippen LogP) is 3.82. The van der Waals surface area contributed by atoms with Gasteiger partial charge in [-0.3, -0.25) is 0 Å².